The van der Waals surface area contributed by atoms with Gasteiger partial charge in [-0.3, -0.25) is 9.69 Å². The van der Waals surface area contributed by atoms with E-state index in [0.29, 0.717) is 12.3 Å². The van der Waals surface area contributed by atoms with E-state index in [0.717, 1.165) is 42.9 Å². The molecule has 3 rings (SSSR count). The molecule has 1 atom stereocenters. The lowest BCUT2D eigenvalue weighted by Gasteiger charge is -2.16. The summed E-state index contributed by atoms with van der Waals surface area (Å²) >= 11 is 0. The highest BCUT2D eigenvalue weighted by Gasteiger charge is 2.24. The van der Waals surface area contributed by atoms with Gasteiger partial charge in [0.1, 0.15) is 0 Å². The molecular formula is C21H26N2O2. The summed E-state index contributed by atoms with van der Waals surface area (Å²) in [7, 11) is 0. The summed E-state index contributed by atoms with van der Waals surface area (Å²) in [5.41, 5.74) is 3.96. The first-order valence-electron chi connectivity index (χ1n) is 8.90. The Bertz CT molecular complexity index is 715. The molecule has 4 heteroatoms. The first-order chi connectivity index (χ1) is 12.1. The molecule has 0 aromatic heterocycles. The van der Waals surface area contributed by atoms with Crippen LogP contribution in [0.3, 0.4) is 0 Å². The van der Waals surface area contributed by atoms with Gasteiger partial charge in [-0.2, -0.15) is 0 Å². The van der Waals surface area contributed by atoms with Crippen molar-refractivity contribution < 1.29 is 9.90 Å². The molecule has 25 heavy (non-hydrogen) atoms. The molecule has 0 saturated carbocycles. The number of rotatable bonds is 6. The molecule has 1 aliphatic heterocycles. The minimum Gasteiger partial charge on any atom is -0.392 e. The minimum atomic E-state index is -0.0137. The van der Waals surface area contributed by atoms with Gasteiger partial charge in [-0.15, -0.1) is 0 Å². The molecule has 1 heterocycles. The van der Waals surface area contributed by atoms with Crippen molar-refractivity contribution in [3.63, 3.8) is 0 Å². The number of aliphatic hydroxyl groups excluding tert-OH is 1. The Hall–Kier alpha value is -2.17. The summed E-state index contributed by atoms with van der Waals surface area (Å²) in [4.78, 5) is 14.8. The number of nitrogens with one attached hydrogen (secondary N) is 1. The lowest BCUT2D eigenvalue weighted by atomic mass is 10.0. The Kier molecular flexibility index (Phi) is 5.84. The smallest absolute Gasteiger partial charge is 0.224 e. The number of nitrogens with zero attached hydrogens (tertiary/aromatic N) is 1. The topological polar surface area (TPSA) is 52.6 Å². The van der Waals surface area contributed by atoms with Crippen LogP contribution in [0.15, 0.2) is 48.5 Å². The minimum absolute atomic E-state index is 0.0137. The zero-order valence-corrected chi connectivity index (χ0v) is 14.7. The van der Waals surface area contributed by atoms with E-state index in [4.69, 9.17) is 0 Å². The van der Waals surface area contributed by atoms with Crippen molar-refractivity contribution in [3.05, 3.63) is 65.2 Å². The van der Waals surface area contributed by atoms with Gasteiger partial charge < -0.3 is 10.4 Å². The molecule has 0 bridgehead atoms. The molecule has 1 saturated heterocycles. The number of likely N-dealkylation sites (tertiary alicyclic amines) is 1. The Morgan fingerprint density at radius 3 is 2.76 bits per heavy atom. The lowest BCUT2D eigenvalue weighted by Crippen LogP contribution is -2.22. The predicted molar refractivity (Wildman–Crippen MR) is 100 cm³/mol. The SMILES string of the molecule is Cc1ccc(CO)cc1NC(=O)C[C@H]1CCN(Cc2ccccc2)C1. The summed E-state index contributed by atoms with van der Waals surface area (Å²) in [6, 6.07) is 16.1. The maximum atomic E-state index is 12.4. The molecule has 2 aromatic rings. The molecule has 0 aliphatic carbocycles. The van der Waals surface area contributed by atoms with Gasteiger partial charge in [0, 0.05) is 25.2 Å². The van der Waals surface area contributed by atoms with Crippen molar-refractivity contribution >= 4 is 11.6 Å². The van der Waals surface area contributed by atoms with E-state index in [2.05, 4.69) is 34.5 Å². The van der Waals surface area contributed by atoms with Gasteiger partial charge >= 0.3 is 0 Å². The van der Waals surface area contributed by atoms with Crippen molar-refractivity contribution in [2.45, 2.75) is 32.9 Å². The maximum Gasteiger partial charge on any atom is 0.224 e. The van der Waals surface area contributed by atoms with Crippen LogP contribution >= 0.6 is 0 Å². The molecular weight excluding hydrogens is 312 g/mol. The fourth-order valence-electron chi connectivity index (χ4n) is 3.43. The van der Waals surface area contributed by atoms with Gasteiger partial charge in [0.05, 0.1) is 6.61 Å². The van der Waals surface area contributed by atoms with E-state index in [1.807, 2.05) is 31.2 Å². The normalized spacial score (nSPS) is 17.6. The highest BCUT2D eigenvalue weighted by molar-refractivity contribution is 5.91. The van der Waals surface area contributed by atoms with Crippen LogP contribution in [-0.2, 0) is 17.9 Å². The van der Waals surface area contributed by atoms with Crippen LogP contribution in [0.5, 0.6) is 0 Å². The number of aryl methyl sites for hydroxylation is 1. The Labute approximate surface area is 149 Å². The van der Waals surface area contributed by atoms with E-state index in [1.165, 1.54) is 5.56 Å². The average Bonchev–Trinajstić information content (AvgIpc) is 3.04. The number of carbonyl (C=O) groups excluding carboxylic acids is 1. The summed E-state index contributed by atoms with van der Waals surface area (Å²) < 4.78 is 0. The zero-order chi connectivity index (χ0) is 17.6. The first-order valence-corrected chi connectivity index (χ1v) is 8.90. The quantitative estimate of drug-likeness (QED) is 0.849. The van der Waals surface area contributed by atoms with Crippen molar-refractivity contribution in [2.75, 3.05) is 18.4 Å². The number of anilines is 1. The predicted octanol–water partition coefficient (Wildman–Crippen LogP) is 3.34. The van der Waals surface area contributed by atoms with Crippen molar-refractivity contribution in [1.82, 2.24) is 4.90 Å². The second-order valence-corrected chi connectivity index (χ2v) is 6.94. The maximum absolute atomic E-state index is 12.4. The standard InChI is InChI=1S/C21H26N2O2/c1-16-7-8-19(15-24)11-20(16)22-21(25)12-18-9-10-23(14-18)13-17-5-3-2-4-6-17/h2-8,11,18,24H,9-10,12-15H2,1H3,(H,22,25)/t18-/m1/s1. The van der Waals surface area contributed by atoms with Crippen LogP contribution in [0.25, 0.3) is 0 Å². The molecule has 2 N–H and O–H groups in total. The fourth-order valence-corrected chi connectivity index (χ4v) is 3.43. The molecule has 132 valence electrons. The van der Waals surface area contributed by atoms with E-state index in [1.54, 1.807) is 0 Å². The number of hydrogen-bond donors (Lipinski definition) is 2. The number of aliphatic hydroxyl groups is 1. The molecule has 0 radical (unpaired) electrons. The van der Waals surface area contributed by atoms with Crippen LogP contribution in [0.1, 0.15) is 29.5 Å². The third-order valence-electron chi connectivity index (χ3n) is 4.85. The summed E-state index contributed by atoms with van der Waals surface area (Å²) in [5, 5.41) is 12.3. The third kappa shape index (κ3) is 4.91. The van der Waals surface area contributed by atoms with E-state index in [9.17, 15) is 9.90 Å². The number of amides is 1. The highest BCUT2D eigenvalue weighted by Crippen LogP contribution is 2.23. The second kappa shape index (κ2) is 8.28. The molecule has 0 spiro atoms. The monoisotopic (exact) mass is 338 g/mol. The van der Waals surface area contributed by atoms with Crippen LogP contribution in [0, 0.1) is 12.8 Å². The van der Waals surface area contributed by atoms with Crippen LogP contribution < -0.4 is 5.32 Å². The molecule has 1 amide bonds. The number of hydrogen-bond acceptors (Lipinski definition) is 3. The summed E-state index contributed by atoms with van der Waals surface area (Å²) in [5.74, 6) is 0.467. The van der Waals surface area contributed by atoms with Crippen LogP contribution in [0.4, 0.5) is 5.69 Å². The zero-order valence-electron chi connectivity index (χ0n) is 14.7. The molecule has 2 aromatic carbocycles. The first kappa shape index (κ1) is 17.6. The Balaban J connectivity index is 1.50. The largest absolute Gasteiger partial charge is 0.392 e. The summed E-state index contributed by atoms with van der Waals surface area (Å²) in [6.07, 6.45) is 1.62. The Morgan fingerprint density at radius 2 is 2.00 bits per heavy atom. The van der Waals surface area contributed by atoms with Gasteiger partial charge in [0.2, 0.25) is 5.91 Å². The van der Waals surface area contributed by atoms with Gasteiger partial charge in [-0.05, 0) is 48.6 Å². The van der Waals surface area contributed by atoms with Crippen molar-refractivity contribution in [3.8, 4) is 0 Å². The van der Waals surface area contributed by atoms with Gasteiger partial charge in [-0.1, -0.05) is 42.5 Å². The van der Waals surface area contributed by atoms with E-state index in [-0.39, 0.29) is 12.5 Å². The molecule has 1 aliphatic rings. The molecule has 0 unspecified atom stereocenters. The second-order valence-electron chi connectivity index (χ2n) is 6.94. The highest BCUT2D eigenvalue weighted by atomic mass is 16.3. The van der Waals surface area contributed by atoms with Gasteiger partial charge in [-0.25, -0.2) is 0 Å². The van der Waals surface area contributed by atoms with Crippen LogP contribution in [-0.4, -0.2) is 29.0 Å². The van der Waals surface area contributed by atoms with Gasteiger partial charge in [0.15, 0.2) is 0 Å². The third-order valence-corrected chi connectivity index (χ3v) is 4.85. The molecule has 1 fully saturated rings. The molecule has 4 nitrogen and oxygen atoms in total. The summed E-state index contributed by atoms with van der Waals surface area (Å²) in [6.45, 7) is 4.93. The average molecular weight is 338 g/mol. The number of carbonyl (C=O) groups is 1. The fraction of sp³-hybridized carbons (Fsp3) is 0.381. The van der Waals surface area contributed by atoms with E-state index < -0.39 is 0 Å². The lowest BCUT2D eigenvalue weighted by molar-refractivity contribution is -0.117. The van der Waals surface area contributed by atoms with Gasteiger partial charge in [0.25, 0.3) is 0 Å². The van der Waals surface area contributed by atoms with Crippen LogP contribution in [0.2, 0.25) is 0 Å². The van der Waals surface area contributed by atoms with Crippen molar-refractivity contribution in [1.29, 1.82) is 0 Å². The Morgan fingerprint density at radius 1 is 1.20 bits per heavy atom. The van der Waals surface area contributed by atoms with E-state index >= 15 is 0 Å². The number of benzene rings is 2. The van der Waals surface area contributed by atoms with Crippen molar-refractivity contribution in [2.24, 2.45) is 5.92 Å².